The summed E-state index contributed by atoms with van der Waals surface area (Å²) in [5, 5.41) is 3.50. The molecule has 1 aliphatic rings. The van der Waals surface area contributed by atoms with E-state index < -0.39 is 0 Å². The van der Waals surface area contributed by atoms with E-state index in [1.54, 1.807) is 0 Å². The first-order valence-corrected chi connectivity index (χ1v) is 8.60. The van der Waals surface area contributed by atoms with Crippen LogP contribution in [-0.2, 0) is 13.1 Å². The molecular formula is C19H32N2. The summed E-state index contributed by atoms with van der Waals surface area (Å²) in [4.78, 5) is 2.49. The smallest absolute Gasteiger partial charge is 0.0230 e. The molecule has 0 radical (unpaired) electrons. The van der Waals surface area contributed by atoms with Gasteiger partial charge in [-0.2, -0.15) is 0 Å². The van der Waals surface area contributed by atoms with Crippen LogP contribution in [0.5, 0.6) is 0 Å². The third kappa shape index (κ3) is 6.19. The highest BCUT2D eigenvalue weighted by Crippen LogP contribution is 2.25. The van der Waals surface area contributed by atoms with E-state index in [4.69, 9.17) is 0 Å². The van der Waals surface area contributed by atoms with Gasteiger partial charge in [0.2, 0.25) is 0 Å². The van der Waals surface area contributed by atoms with Gasteiger partial charge in [-0.05, 0) is 49.4 Å². The molecule has 0 aliphatic heterocycles. The van der Waals surface area contributed by atoms with Crippen LogP contribution in [0.4, 0.5) is 0 Å². The molecule has 0 unspecified atom stereocenters. The second kappa shape index (κ2) is 8.55. The zero-order valence-electron chi connectivity index (χ0n) is 14.1. The number of hydrogen-bond acceptors (Lipinski definition) is 2. The van der Waals surface area contributed by atoms with Crippen LogP contribution in [0, 0.1) is 11.8 Å². The minimum absolute atomic E-state index is 0.716. The minimum atomic E-state index is 0.716. The van der Waals surface area contributed by atoms with Crippen LogP contribution in [0.1, 0.15) is 50.7 Å². The van der Waals surface area contributed by atoms with Crippen LogP contribution in [0.3, 0.4) is 0 Å². The number of benzene rings is 1. The molecule has 21 heavy (non-hydrogen) atoms. The molecule has 1 aliphatic carbocycles. The topological polar surface area (TPSA) is 15.3 Å². The Kier molecular flexibility index (Phi) is 6.72. The van der Waals surface area contributed by atoms with Crippen LogP contribution in [0.15, 0.2) is 24.3 Å². The van der Waals surface area contributed by atoms with Crippen molar-refractivity contribution in [3.63, 3.8) is 0 Å². The van der Waals surface area contributed by atoms with E-state index >= 15 is 0 Å². The molecule has 1 fully saturated rings. The summed E-state index contributed by atoms with van der Waals surface area (Å²) >= 11 is 0. The molecule has 0 atom stereocenters. The van der Waals surface area contributed by atoms with Crippen molar-refractivity contribution in [3.8, 4) is 0 Å². The lowest BCUT2D eigenvalue weighted by molar-refractivity contribution is 0.271. The SMILES string of the molecule is CC(C)CNCc1ccc(CN(C)CC2CCCC2)cc1. The van der Waals surface area contributed by atoms with E-state index in [0.29, 0.717) is 5.92 Å². The number of nitrogens with one attached hydrogen (secondary N) is 1. The summed E-state index contributed by atoms with van der Waals surface area (Å²) in [7, 11) is 2.26. The molecule has 0 spiro atoms. The van der Waals surface area contributed by atoms with E-state index in [-0.39, 0.29) is 0 Å². The maximum absolute atomic E-state index is 3.50. The summed E-state index contributed by atoms with van der Waals surface area (Å²) in [6.07, 6.45) is 5.75. The second-order valence-corrected chi connectivity index (χ2v) is 7.19. The first-order chi connectivity index (χ1) is 10.1. The highest BCUT2D eigenvalue weighted by Gasteiger charge is 2.16. The Hall–Kier alpha value is -0.860. The van der Waals surface area contributed by atoms with Crippen molar-refractivity contribution in [3.05, 3.63) is 35.4 Å². The van der Waals surface area contributed by atoms with Gasteiger partial charge in [-0.1, -0.05) is 51.0 Å². The van der Waals surface area contributed by atoms with E-state index in [1.165, 1.54) is 43.4 Å². The zero-order valence-corrected chi connectivity index (χ0v) is 14.1. The predicted octanol–water partition coefficient (Wildman–Crippen LogP) is 4.05. The Balaban J connectivity index is 1.73. The fraction of sp³-hybridized carbons (Fsp3) is 0.684. The summed E-state index contributed by atoms with van der Waals surface area (Å²) in [5.41, 5.74) is 2.82. The van der Waals surface area contributed by atoms with Crippen molar-refractivity contribution in [2.45, 2.75) is 52.6 Å². The van der Waals surface area contributed by atoms with Gasteiger partial charge in [-0.3, -0.25) is 0 Å². The molecule has 2 nitrogen and oxygen atoms in total. The van der Waals surface area contributed by atoms with Crippen molar-refractivity contribution in [1.82, 2.24) is 10.2 Å². The van der Waals surface area contributed by atoms with E-state index in [0.717, 1.165) is 25.6 Å². The van der Waals surface area contributed by atoms with Crippen molar-refractivity contribution in [2.75, 3.05) is 20.1 Å². The molecule has 0 heterocycles. The molecule has 0 amide bonds. The molecule has 118 valence electrons. The third-order valence-electron chi connectivity index (χ3n) is 4.40. The molecule has 0 saturated heterocycles. The van der Waals surface area contributed by atoms with Gasteiger partial charge in [-0.25, -0.2) is 0 Å². The number of nitrogens with zero attached hydrogens (tertiary/aromatic N) is 1. The maximum Gasteiger partial charge on any atom is 0.0230 e. The van der Waals surface area contributed by atoms with Crippen molar-refractivity contribution in [1.29, 1.82) is 0 Å². The highest BCUT2D eigenvalue weighted by atomic mass is 15.1. The van der Waals surface area contributed by atoms with Gasteiger partial charge in [0.25, 0.3) is 0 Å². The summed E-state index contributed by atoms with van der Waals surface area (Å²) in [5.74, 6) is 1.66. The van der Waals surface area contributed by atoms with Gasteiger partial charge in [0.15, 0.2) is 0 Å². The largest absolute Gasteiger partial charge is 0.312 e. The van der Waals surface area contributed by atoms with Crippen LogP contribution >= 0.6 is 0 Å². The third-order valence-corrected chi connectivity index (χ3v) is 4.40. The Labute approximate surface area is 130 Å². The van der Waals surface area contributed by atoms with Crippen LogP contribution < -0.4 is 5.32 Å². The van der Waals surface area contributed by atoms with Crippen LogP contribution in [-0.4, -0.2) is 25.0 Å². The van der Waals surface area contributed by atoms with Crippen molar-refractivity contribution in [2.24, 2.45) is 11.8 Å². The van der Waals surface area contributed by atoms with Gasteiger partial charge in [-0.15, -0.1) is 0 Å². The first kappa shape index (κ1) is 16.5. The quantitative estimate of drug-likeness (QED) is 0.776. The lowest BCUT2D eigenvalue weighted by atomic mass is 10.1. The molecular weight excluding hydrogens is 256 g/mol. The summed E-state index contributed by atoms with van der Waals surface area (Å²) < 4.78 is 0. The molecule has 1 aromatic rings. The average Bonchev–Trinajstić information content (AvgIpc) is 2.93. The van der Waals surface area contributed by atoms with E-state index in [1.807, 2.05) is 0 Å². The fourth-order valence-corrected chi connectivity index (χ4v) is 3.28. The molecule has 1 N–H and O–H groups in total. The van der Waals surface area contributed by atoms with Crippen molar-refractivity contribution >= 4 is 0 Å². The normalized spacial score (nSPS) is 16.2. The predicted molar refractivity (Wildman–Crippen MR) is 91.3 cm³/mol. The van der Waals surface area contributed by atoms with Crippen LogP contribution in [0.2, 0.25) is 0 Å². The molecule has 0 aromatic heterocycles. The van der Waals surface area contributed by atoms with Gasteiger partial charge in [0.1, 0.15) is 0 Å². The fourth-order valence-electron chi connectivity index (χ4n) is 3.28. The Morgan fingerprint density at radius 3 is 2.33 bits per heavy atom. The first-order valence-electron chi connectivity index (χ1n) is 8.60. The molecule has 0 bridgehead atoms. The van der Waals surface area contributed by atoms with Gasteiger partial charge < -0.3 is 10.2 Å². The van der Waals surface area contributed by atoms with E-state index in [2.05, 4.69) is 55.4 Å². The Morgan fingerprint density at radius 1 is 1.10 bits per heavy atom. The average molecular weight is 288 g/mol. The Morgan fingerprint density at radius 2 is 1.71 bits per heavy atom. The summed E-state index contributed by atoms with van der Waals surface area (Å²) in [6, 6.07) is 9.12. The molecule has 2 rings (SSSR count). The number of rotatable bonds is 8. The lowest BCUT2D eigenvalue weighted by Gasteiger charge is -2.21. The highest BCUT2D eigenvalue weighted by molar-refractivity contribution is 5.22. The molecule has 1 saturated carbocycles. The van der Waals surface area contributed by atoms with Crippen molar-refractivity contribution < 1.29 is 0 Å². The Bertz CT molecular complexity index is 391. The molecule has 2 heteroatoms. The lowest BCUT2D eigenvalue weighted by Crippen LogP contribution is -2.24. The molecule has 1 aromatic carbocycles. The van der Waals surface area contributed by atoms with Crippen LogP contribution in [0.25, 0.3) is 0 Å². The number of hydrogen-bond donors (Lipinski definition) is 1. The maximum atomic E-state index is 3.50. The zero-order chi connectivity index (χ0) is 15.1. The van der Waals surface area contributed by atoms with E-state index in [9.17, 15) is 0 Å². The van der Waals surface area contributed by atoms with Gasteiger partial charge in [0, 0.05) is 19.6 Å². The second-order valence-electron chi connectivity index (χ2n) is 7.19. The monoisotopic (exact) mass is 288 g/mol. The van der Waals surface area contributed by atoms with Gasteiger partial charge >= 0.3 is 0 Å². The standard InChI is InChI=1S/C19H32N2/c1-16(2)12-20-13-17-8-10-19(11-9-17)15-21(3)14-18-6-4-5-7-18/h8-11,16,18,20H,4-7,12-15H2,1-3H3. The summed E-state index contributed by atoms with van der Waals surface area (Å²) in [6.45, 7) is 8.91. The van der Waals surface area contributed by atoms with Gasteiger partial charge in [0.05, 0.1) is 0 Å². The minimum Gasteiger partial charge on any atom is -0.312 e.